The van der Waals surface area contributed by atoms with Gasteiger partial charge in [-0.15, -0.1) is 0 Å². The lowest BCUT2D eigenvalue weighted by Gasteiger charge is -2.28. The number of Topliss-reactive ketones (excluding diaryl/α,β-unsaturated/α-hetero) is 1. The molecule has 9 saturated heterocycles. The van der Waals surface area contributed by atoms with Gasteiger partial charge in [0.15, 0.2) is 76.1 Å². The van der Waals surface area contributed by atoms with Crippen LogP contribution in [0.1, 0.15) is 192 Å². The molecule has 0 aliphatic carbocycles. The van der Waals surface area contributed by atoms with Gasteiger partial charge in [0.25, 0.3) is 0 Å². The number of ketones is 1. The van der Waals surface area contributed by atoms with Crippen molar-refractivity contribution in [2.75, 3.05) is 13.2 Å². The predicted molar refractivity (Wildman–Crippen MR) is 305 cm³/mol. The number of hydrogen-bond acceptors (Lipinski definition) is 24. The highest BCUT2D eigenvalue weighted by molar-refractivity contribution is 5.85. The second-order valence-electron chi connectivity index (χ2n) is 26.8. The van der Waals surface area contributed by atoms with Crippen LogP contribution in [0.2, 0.25) is 0 Å². The van der Waals surface area contributed by atoms with Gasteiger partial charge in [0.1, 0.15) is 53.4 Å². The van der Waals surface area contributed by atoms with Crippen LogP contribution >= 0.6 is 0 Å². The molecule has 9 heterocycles. The molecule has 9 fully saturated rings. The summed E-state index contributed by atoms with van der Waals surface area (Å²) in [5.74, 6) is -5.03. The molecule has 0 amide bonds. The third kappa shape index (κ3) is 16.6. The topological polar surface area (TPSA) is 319 Å². The van der Waals surface area contributed by atoms with Crippen molar-refractivity contribution >= 4 is 23.7 Å². The first-order valence-corrected chi connectivity index (χ1v) is 29.6. The minimum atomic E-state index is -1.88. The van der Waals surface area contributed by atoms with Crippen molar-refractivity contribution in [2.24, 2.45) is 0 Å². The Morgan fingerprint density at radius 3 is 1.33 bits per heavy atom. The Morgan fingerprint density at radius 2 is 0.918 bits per heavy atom. The number of aliphatic hydroxyl groups is 6. The fourth-order valence-corrected chi connectivity index (χ4v) is 12.2. The molecule has 9 aliphatic rings. The van der Waals surface area contributed by atoms with Gasteiger partial charge in [0.2, 0.25) is 0 Å². The number of esters is 3. The second kappa shape index (κ2) is 26.8. The van der Waals surface area contributed by atoms with Crippen LogP contribution in [-0.2, 0) is 85.5 Å². The number of hydrogen-bond donors (Lipinski definition) is 6. The van der Waals surface area contributed by atoms with Crippen LogP contribution in [0.4, 0.5) is 0 Å². The maximum atomic E-state index is 11.9. The van der Waals surface area contributed by atoms with Crippen LogP contribution in [0, 0.1) is 0 Å². The number of fused-ring (bicyclic) bond motifs is 3. The lowest BCUT2D eigenvalue weighted by molar-refractivity contribution is -0.242. The molecule has 0 aromatic rings. The van der Waals surface area contributed by atoms with Crippen molar-refractivity contribution in [3.63, 3.8) is 0 Å². The lowest BCUT2D eigenvalue weighted by Crippen LogP contribution is -2.43. The molecule has 24 heteroatoms. The van der Waals surface area contributed by atoms with Gasteiger partial charge in [0.05, 0.1) is 25.4 Å². The first-order valence-electron chi connectivity index (χ1n) is 29.6. The highest BCUT2D eigenvalue weighted by Crippen LogP contribution is 2.48. The zero-order chi connectivity index (χ0) is 65.4. The largest absolute Gasteiger partial charge is 0.457 e. The molecule has 1 unspecified atom stereocenters. The Morgan fingerprint density at radius 1 is 0.518 bits per heavy atom. The van der Waals surface area contributed by atoms with E-state index in [2.05, 4.69) is 4.74 Å². The third-order valence-electron chi connectivity index (χ3n) is 15.6. The van der Waals surface area contributed by atoms with E-state index in [0.29, 0.717) is 12.8 Å². The van der Waals surface area contributed by atoms with Gasteiger partial charge in [0, 0.05) is 6.42 Å². The van der Waals surface area contributed by atoms with Gasteiger partial charge in [-0.05, 0) is 158 Å². The Balaban J connectivity index is 0.000000219. The summed E-state index contributed by atoms with van der Waals surface area (Å²) in [5, 5.41) is 55.6. The Kier molecular flexibility index (Phi) is 23.4. The maximum Gasteiger partial charge on any atom is 0.341 e. The molecule has 9 aliphatic heterocycles. The van der Waals surface area contributed by atoms with Crippen LogP contribution in [0.5, 0.6) is 0 Å². The summed E-state index contributed by atoms with van der Waals surface area (Å²) in [6.07, 6.45) is 0.354. The first-order chi connectivity index (χ1) is 38.6. The van der Waals surface area contributed by atoms with Crippen molar-refractivity contribution in [3.8, 4) is 0 Å². The molecule has 0 spiro atoms. The highest BCUT2D eigenvalue weighted by Gasteiger charge is 2.66. The molecule has 0 bridgehead atoms. The second-order valence-corrected chi connectivity index (χ2v) is 26.8. The molecule has 0 aromatic heterocycles. The molecular weight excluding hydrogens is 1120 g/mol. The molecule has 9 rings (SSSR count). The van der Waals surface area contributed by atoms with Crippen LogP contribution in [-0.4, -0.2) is 204 Å². The van der Waals surface area contributed by atoms with E-state index in [1.165, 1.54) is 0 Å². The van der Waals surface area contributed by atoms with Crippen molar-refractivity contribution in [2.45, 2.75) is 328 Å². The molecular formula is C61H104O24. The normalized spacial score (nSPS) is 41.6. The van der Waals surface area contributed by atoms with Gasteiger partial charge >= 0.3 is 17.9 Å². The average molecular weight is 1220 g/mol. The Bertz CT molecular complexity index is 2340. The van der Waals surface area contributed by atoms with Crippen LogP contribution in [0.25, 0.3) is 0 Å². The molecule has 85 heavy (non-hydrogen) atoms. The summed E-state index contributed by atoms with van der Waals surface area (Å²) >= 11 is 0. The minimum Gasteiger partial charge on any atom is -0.457 e. The van der Waals surface area contributed by atoms with E-state index in [1.807, 2.05) is 144 Å². The Hall–Kier alpha value is -3.12. The number of rotatable bonds is 10. The molecule has 24 nitrogen and oxygen atoms in total. The fraction of sp³-hybridized carbons (Fsp3) is 0.869. The Labute approximate surface area is 502 Å². The summed E-state index contributed by atoms with van der Waals surface area (Å²) in [6, 6.07) is 0. The van der Waals surface area contributed by atoms with Crippen LogP contribution < -0.4 is 0 Å². The molecule has 0 saturated carbocycles. The number of ether oxygens (including phenoxy) is 14. The summed E-state index contributed by atoms with van der Waals surface area (Å²) in [5.41, 5.74) is -3.49. The van der Waals surface area contributed by atoms with Gasteiger partial charge < -0.3 is 97.0 Å². The summed E-state index contributed by atoms with van der Waals surface area (Å²) in [7, 11) is 0. The predicted octanol–water partition coefficient (Wildman–Crippen LogP) is 5.56. The van der Waals surface area contributed by atoms with E-state index < -0.39 is 124 Å². The molecule has 0 radical (unpaired) electrons. The van der Waals surface area contributed by atoms with Gasteiger partial charge in [-0.1, -0.05) is 51.0 Å². The smallest absolute Gasteiger partial charge is 0.341 e. The number of allylic oxidation sites excluding steroid dienone is 2. The molecule has 6 N–H and O–H groups in total. The van der Waals surface area contributed by atoms with Gasteiger partial charge in [-0.2, -0.15) is 0 Å². The number of cyclic esters (lactones) is 3. The van der Waals surface area contributed by atoms with Crippen LogP contribution in [0.3, 0.4) is 0 Å². The summed E-state index contributed by atoms with van der Waals surface area (Å²) in [6.45, 7) is 43.6. The van der Waals surface area contributed by atoms with E-state index in [4.69, 9.17) is 76.9 Å². The summed E-state index contributed by atoms with van der Waals surface area (Å²) in [4.78, 5) is 45.7. The maximum absolute atomic E-state index is 11.9. The van der Waals surface area contributed by atoms with Crippen molar-refractivity contribution in [1.29, 1.82) is 0 Å². The van der Waals surface area contributed by atoms with E-state index in [1.54, 1.807) is 27.7 Å². The zero-order valence-electron chi connectivity index (χ0n) is 54.9. The average Bonchev–Trinajstić information content (AvgIpc) is 2.84. The number of aliphatic hydroxyl groups excluding tert-OH is 5. The standard InChI is InChI=1S/C13H24O3.C13H22O3.C10H18O4.C10H16O4.C9H14O5.C6H10O5/c2*1-7-10(14)11-13(6,8-9(2)3)16-12(4,5)15-11;2*1-5-6-7-10(4,8(11)12-6)14-9(2,3)13-7;1-8(2)13-6-5(4-10)12-7(11)9(6,3)14-8;1-6(10)4(8)3(2-7)11-5(6)9/h8,10-11,14H,7H2,1-6H3;8,11H,7H2,1-6H3;6-8,11H,5H2,1-4H3;6-7H,5H2,1-4H3;5-6,10H,4H2,1-3H3;3-4,7-8,10H,2H2,1H3/t10-,11-,13+;11-,13+;6-,7-,8?,10-;6-,7-,10-;5-,6-,9-;3-,4-,6-/m111111/s1. The van der Waals surface area contributed by atoms with E-state index in [9.17, 15) is 34.5 Å². The van der Waals surface area contributed by atoms with Crippen molar-refractivity contribution < 1.29 is 116 Å². The molecule has 0 aromatic carbocycles. The number of carbonyl (C=O) groups excluding carboxylic acids is 4. The SMILES string of the molecule is CC1(C)O[C@@H]2[C@@H](CO)OC(=O)[C@]2(C)O1.CCC(=O)[C@H]1OC(C)(C)O[C@@]1(C)C=C(C)C.CC[C@@H](O)[C@H]1OC(C)(C)O[C@@]1(C)C=C(C)C.CC[C@H]1OC(=O)[C@]2(C)OC(C)(C)O[C@H]12.CC[C@H]1OC(O)[C@]2(C)OC(C)(C)O[C@H]12.C[C@]1(O)C(=O)O[C@H](CO)[C@H]1O. The minimum absolute atomic E-state index is 0.0724. The first kappa shape index (κ1) is 74.3. The third-order valence-corrected chi connectivity index (χ3v) is 15.6. The van der Waals surface area contributed by atoms with Crippen LogP contribution in [0.15, 0.2) is 23.3 Å². The highest BCUT2D eigenvalue weighted by atomic mass is 16.8. The van der Waals surface area contributed by atoms with Gasteiger partial charge in [-0.25, -0.2) is 14.4 Å². The monoisotopic (exact) mass is 1220 g/mol. The van der Waals surface area contributed by atoms with E-state index in [0.717, 1.165) is 30.9 Å². The molecule has 492 valence electrons. The zero-order valence-corrected chi connectivity index (χ0v) is 54.9. The van der Waals surface area contributed by atoms with Crippen molar-refractivity contribution in [1.82, 2.24) is 0 Å². The lowest BCUT2D eigenvalue weighted by atomic mass is 9.92. The summed E-state index contributed by atoms with van der Waals surface area (Å²) < 4.78 is 77.0. The number of carbonyl (C=O) groups is 4. The molecule has 18 atom stereocenters. The van der Waals surface area contributed by atoms with E-state index >= 15 is 0 Å². The quantitative estimate of drug-likeness (QED) is 0.0885. The van der Waals surface area contributed by atoms with Gasteiger partial charge in [-0.3, -0.25) is 4.79 Å². The fourth-order valence-electron chi connectivity index (χ4n) is 12.2. The van der Waals surface area contributed by atoms with E-state index in [-0.39, 0.29) is 48.9 Å². The van der Waals surface area contributed by atoms with Crippen molar-refractivity contribution in [3.05, 3.63) is 23.3 Å².